The Kier molecular flexibility index (Phi) is 2.91. The fourth-order valence-electron chi connectivity index (χ4n) is 1.83. The molecular formula is C11H15NS. The van der Waals surface area contributed by atoms with E-state index < -0.39 is 0 Å². The maximum atomic E-state index is 3.51. The van der Waals surface area contributed by atoms with Crippen LogP contribution in [-0.2, 0) is 0 Å². The SMILES string of the molecule is CSc1cccc(C2CCCN2)c1. The second-order valence-electron chi connectivity index (χ2n) is 3.43. The normalized spacial score (nSPS) is 22.1. The van der Waals surface area contributed by atoms with E-state index in [-0.39, 0.29) is 0 Å². The van der Waals surface area contributed by atoms with Crippen LogP contribution in [0.1, 0.15) is 24.4 Å². The molecule has 13 heavy (non-hydrogen) atoms. The van der Waals surface area contributed by atoms with Gasteiger partial charge in [0.1, 0.15) is 0 Å². The largest absolute Gasteiger partial charge is 0.310 e. The highest BCUT2D eigenvalue weighted by Gasteiger charge is 2.15. The molecule has 2 heteroatoms. The van der Waals surface area contributed by atoms with E-state index in [0.717, 1.165) is 0 Å². The zero-order valence-corrected chi connectivity index (χ0v) is 8.73. The highest BCUT2D eigenvalue weighted by atomic mass is 32.2. The van der Waals surface area contributed by atoms with Crippen LogP contribution >= 0.6 is 11.8 Å². The first-order valence-corrected chi connectivity index (χ1v) is 6.00. The molecule has 0 spiro atoms. The van der Waals surface area contributed by atoms with Crippen LogP contribution in [0.25, 0.3) is 0 Å². The van der Waals surface area contributed by atoms with Crippen LogP contribution in [-0.4, -0.2) is 12.8 Å². The molecule has 1 heterocycles. The van der Waals surface area contributed by atoms with Crippen molar-refractivity contribution in [3.05, 3.63) is 29.8 Å². The summed E-state index contributed by atoms with van der Waals surface area (Å²) in [5, 5.41) is 3.51. The zero-order chi connectivity index (χ0) is 9.10. The first kappa shape index (κ1) is 9.10. The van der Waals surface area contributed by atoms with Crippen LogP contribution in [0.5, 0.6) is 0 Å². The van der Waals surface area contributed by atoms with Gasteiger partial charge in [0, 0.05) is 10.9 Å². The summed E-state index contributed by atoms with van der Waals surface area (Å²) < 4.78 is 0. The summed E-state index contributed by atoms with van der Waals surface area (Å²) in [5.74, 6) is 0. The summed E-state index contributed by atoms with van der Waals surface area (Å²) in [6.07, 6.45) is 4.73. The Labute approximate surface area is 83.9 Å². The van der Waals surface area contributed by atoms with Gasteiger partial charge in [0.2, 0.25) is 0 Å². The lowest BCUT2D eigenvalue weighted by Crippen LogP contribution is -2.12. The smallest absolute Gasteiger partial charge is 0.0321 e. The Bertz CT molecular complexity index is 279. The summed E-state index contributed by atoms with van der Waals surface area (Å²) in [4.78, 5) is 1.37. The topological polar surface area (TPSA) is 12.0 Å². The fourth-order valence-corrected chi connectivity index (χ4v) is 2.30. The minimum atomic E-state index is 0.604. The number of thioether (sulfide) groups is 1. The molecule has 1 nitrogen and oxygen atoms in total. The van der Waals surface area contributed by atoms with Crippen LogP contribution in [0.4, 0.5) is 0 Å². The van der Waals surface area contributed by atoms with Gasteiger partial charge >= 0.3 is 0 Å². The van der Waals surface area contributed by atoms with E-state index >= 15 is 0 Å². The Hall–Kier alpha value is -0.470. The standard InChI is InChI=1S/C11H15NS/c1-13-10-5-2-4-9(8-10)11-6-3-7-12-11/h2,4-5,8,11-12H,3,6-7H2,1H3. The highest BCUT2D eigenvalue weighted by molar-refractivity contribution is 7.98. The molecule has 2 rings (SSSR count). The quantitative estimate of drug-likeness (QED) is 0.725. The third-order valence-corrected chi connectivity index (χ3v) is 3.28. The van der Waals surface area contributed by atoms with Gasteiger partial charge in [-0.3, -0.25) is 0 Å². The molecule has 1 N–H and O–H groups in total. The van der Waals surface area contributed by atoms with Crippen molar-refractivity contribution in [1.82, 2.24) is 5.32 Å². The van der Waals surface area contributed by atoms with Crippen LogP contribution in [0.15, 0.2) is 29.2 Å². The first-order valence-electron chi connectivity index (χ1n) is 4.77. The molecule has 1 aliphatic rings. The van der Waals surface area contributed by atoms with Gasteiger partial charge in [-0.1, -0.05) is 12.1 Å². The van der Waals surface area contributed by atoms with Gasteiger partial charge in [-0.15, -0.1) is 11.8 Å². The van der Waals surface area contributed by atoms with Crippen LogP contribution in [0, 0.1) is 0 Å². The van der Waals surface area contributed by atoms with Crippen molar-refractivity contribution in [3.63, 3.8) is 0 Å². The van der Waals surface area contributed by atoms with Gasteiger partial charge in [0.15, 0.2) is 0 Å². The van der Waals surface area contributed by atoms with Crippen molar-refractivity contribution in [2.75, 3.05) is 12.8 Å². The number of rotatable bonds is 2. The molecule has 0 amide bonds. The number of hydrogen-bond acceptors (Lipinski definition) is 2. The Morgan fingerprint density at radius 1 is 1.46 bits per heavy atom. The number of hydrogen-bond donors (Lipinski definition) is 1. The summed E-state index contributed by atoms with van der Waals surface area (Å²) >= 11 is 1.81. The molecule has 70 valence electrons. The summed E-state index contributed by atoms with van der Waals surface area (Å²) in [7, 11) is 0. The molecule has 0 aromatic heterocycles. The molecule has 0 radical (unpaired) electrons. The van der Waals surface area contributed by atoms with E-state index in [1.165, 1.54) is 29.8 Å². The van der Waals surface area contributed by atoms with Crippen molar-refractivity contribution >= 4 is 11.8 Å². The molecule has 0 saturated carbocycles. The molecule has 1 aliphatic heterocycles. The second-order valence-corrected chi connectivity index (χ2v) is 4.31. The number of benzene rings is 1. The van der Waals surface area contributed by atoms with E-state index in [2.05, 4.69) is 35.8 Å². The molecule has 1 atom stereocenters. The molecule has 1 fully saturated rings. The van der Waals surface area contributed by atoms with Gasteiger partial charge in [0.05, 0.1) is 0 Å². The van der Waals surface area contributed by atoms with E-state index in [4.69, 9.17) is 0 Å². The van der Waals surface area contributed by atoms with Crippen molar-refractivity contribution in [2.24, 2.45) is 0 Å². The predicted octanol–water partition coefficient (Wildman–Crippen LogP) is 2.83. The highest BCUT2D eigenvalue weighted by Crippen LogP contribution is 2.25. The molecule has 0 aliphatic carbocycles. The van der Waals surface area contributed by atoms with Gasteiger partial charge in [-0.25, -0.2) is 0 Å². The third-order valence-electron chi connectivity index (χ3n) is 2.56. The minimum Gasteiger partial charge on any atom is -0.310 e. The van der Waals surface area contributed by atoms with E-state index in [0.29, 0.717) is 6.04 Å². The lowest BCUT2D eigenvalue weighted by molar-refractivity contribution is 0.646. The maximum absolute atomic E-state index is 3.51. The first-order chi connectivity index (χ1) is 6.40. The predicted molar refractivity (Wildman–Crippen MR) is 58.2 cm³/mol. The molecule has 1 aromatic carbocycles. The molecule has 0 bridgehead atoms. The zero-order valence-electron chi connectivity index (χ0n) is 7.92. The van der Waals surface area contributed by atoms with Crippen LogP contribution in [0.2, 0.25) is 0 Å². The summed E-state index contributed by atoms with van der Waals surface area (Å²) in [6.45, 7) is 1.17. The maximum Gasteiger partial charge on any atom is 0.0321 e. The Balaban J connectivity index is 2.18. The van der Waals surface area contributed by atoms with Crippen molar-refractivity contribution in [3.8, 4) is 0 Å². The van der Waals surface area contributed by atoms with Crippen LogP contribution in [0.3, 0.4) is 0 Å². The van der Waals surface area contributed by atoms with Crippen molar-refractivity contribution in [2.45, 2.75) is 23.8 Å². The average Bonchev–Trinajstić information content (AvgIpc) is 2.71. The van der Waals surface area contributed by atoms with Crippen LogP contribution < -0.4 is 5.32 Å². The molecule has 1 unspecified atom stereocenters. The van der Waals surface area contributed by atoms with Crippen molar-refractivity contribution in [1.29, 1.82) is 0 Å². The van der Waals surface area contributed by atoms with E-state index in [1.54, 1.807) is 0 Å². The molecule has 1 saturated heterocycles. The monoisotopic (exact) mass is 193 g/mol. The second kappa shape index (κ2) is 4.16. The molecular weight excluding hydrogens is 178 g/mol. The Morgan fingerprint density at radius 3 is 3.08 bits per heavy atom. The molecule has 1 aromatic rings. The summed E-state index contributed by atoms with van der Waals surface area (Å²) in [6, 6.07) is 9.45. The summed E-state index contributed by atoms with van der Waals surface area (Å²) in [5.41, 5.74) is 1.45. The fraction of sp³-hybridized carbons (Fsp3) is 0.455. The third kappa shape index (κ3) is 2.06. The van der Waals surface area contributed by atoms with Gasteiger partial charge in [0.25, 0.3) is 0 Å². The van der Waals surface area contributed by atoms with Gasteiger partial charge in [-0.05, 0) is 43.3 Å². The van der Waals surface area contributed by atoms with E-state index in [9.17, 15) is 0 Å². The van der Waals surface area contributed by atoms with E-state index in [1.807, 2.05) is 11.8 Å². The Morgan fingerprint density at radius 2 is 2.38 bits per heavy atom. The van der Waals surface area contributed by atoms with Gasteiger partial charge < -0.3 is 5.32 Å². The lowest BCUT2D eigenvalue weighted by Gasteiger charge is -2.11. The number of nitrogens with one attached hydrogen (secondary N) is 1. The van der Waals surface area contributed by atoms with Crippen molar-refractivity contribution < 1.29 is 0 Å². The van der Waals surface area contributed by atoms with Gasteiger partial charge in [-0.2, -0.15) is 0 Å². The lowest BCUT2D eigenvalue weighted by atomic mass is 10.1. The average molecular weight is 193 g/mol. The minimum absolute atomic E-state index is 0.604.